The summed E-state index contributed by atoms with van der Waals surface area (Å²) in [4.78, 5) is 108. The molecule has 0 saturated carbocycles. The van der Waals surface area contributed by atoms with Gasteiger partial charge in [-0.3, -0.25) is 28.1 Å². The molecule has 2 amide bonds. The fourth-order valence-electron chi connectivity index (χ4n) is 5.56. The van der Waals surface area contributed by atoms with Crippen molar-refractivity contribution in [2.45, 2.75) is 57.3 Å². The number of benzene rings is 1. The zero-order chi connectivity index (χ0) is 46.2. The third kappa shape index (κ3) is 14.3. The molecule has 4 rings (SSSR count). The highest BCUT2D eigenvalue weighted by Gasteiger charge is 2.47. The number of amides is 2. The molecule has 1 aliphatic heterocycles. The molecule has 0 radical (unpaired) electrons. The van der Waals surface area contributed by atoms with Gasteiger partial charge in [0.15, 0.2) is 22.8 Å². The van der Waals surface area contributed by atoms with Crippen molar-refractivity contribution in [2.75, 3.05) is 43.5 Å². The summed E-state index contributed by atoms with van der Waals surface area (Å²) in [7, 11) is -17.7. The predicted octanol–water partition coefficient (Wildman–Crippen LogP) is -4.67. The lowest BCUT2D eigenvalue weighted by Gasteiger charge is -2.36. The van der Waals surface area contributed by atoms with Crippen molar-refractivity contribution in [2.24, 2.45) is 11.3 Å². The summed E-state index contributed by atoms with van der Waals surface area (Å²) in [5.74, 6) is -4.85. The maximum absolute atomic E-state index is 12.6. The fourth-order valence-corrected chi connectivity index (χ4v) is 9.08. The molecule has 62 heavy (non-hydrogen) atoms. The lowest BCUT2D eigenvalue weighted by molar-refractivity contribution is -0.347. The van der Waals surface area contributed by atoms with Crippen LogP contribution < -0.4 is 46.8 Å². The van der Waals surface area contributed by atoms with E-state index in [0.29, 0.717) is 23.0 Å². The van der Waals surface area contributed by atoms with Crippen LogP contribution in [0.25, 0.3) is 11.2 Å². The number of ether oxygens (including phenoxy) is 1. The lowest BCUT2D eigenvalue weighted by Crippen LogP contribution is -2.46. The van der Waals surface area contributed by atoms with Crippen LogP contribution in [0.4, 0.5) is 11.5 Å². The number of aliphatic hydroxyl groups is 2. The number of phosphoric acid groups is 3. The molecule has 1 fully saturated rings. The van der Waals surface area contributed by atoms with Crippen LogP contribution in [0.1, 0.15) is 32.1 Å². The average Bonchev–Trinajstić information content (AvgIpc) is 3.74. The molecule has 31 heteroatoms. The number of nitrogens with one attached hydrogen (secondary N) is 2. The van der Waals surface area contributed by atoms with E-state index < -0.39 is 102 Å². The number of rotatable bonds is 23. The smallest absolute Gasteiger partial charge is 0.274 e. The minimum Gasteiger partial charge on any atom is -0.790 e. The molecule has 8 atom stereocenters. The second kappa shape index (κ2) is 21.2. The number of fused-ring (bicyclic) bond motifs is 1. The summed E-state index contributed by atoms with van der Waals surface area (Å²) in [6.07, 6.45) is -8.09. The number of hydrogen-bond donors (Lipinski definition) is 6. The summed E-state index contributed by atoms with van der Waals surface area (Å²) in [5, 5.41) is 37.0. The van der Waals surface area contributed by atoms with Crippen LogP contribution in [-0.4, -0.2) is 109 Å². The number of carboxylic acid groups (broad SMARTS) is 1. The molecule has 8 N–H and O–H groups in total. The Morgan fingerprint density at radius 2 is 1.69 bits per heavy atom. The van der Waals surface area contributed by atoms with Gasteiger partial charge >= 0.3 is 0 Å². The second-order valence-electron chi connectivity index (χ2n) is 13.9. The van der Waals surface area contributed by atoms with E-state index in [1.165, 1.54) is 0 Å². The number of aliphatic hydroxyl groups excluding tert-OH is 2. The van der Waals surface area contributed by atoms with Crippen molar-refractivity contribution in [3.63, 3.8) is 0 Å². The van der Waals surface area contributed by atoms with E-state index in [9.17, 15) is 67.8 Å². The number of aliphatic carboxylic acids is 1. The number of hydrogen-bond acceptors (Lipinski definition) is 25. The van der Waals surface area contributed by atoms with Crippen molar-refractivity contribution in [3.8, 4) is 0 Å². The summed E-state index contributed by atoms with van der Waals surface area (Å²) in [5.41, 5.74) is 10.6. The molecular weight excluding hydrogens is 913 g/mol. The topological polar surface area (TPSA) is 441 Å². The van der Waals surface area contributed by atoms with Gasteiger partial charge in [-0.05, 0) is 18.1 Å². The Kier molecular flexibility index (Phi) is 17.3. The molecule has 1 aliphatic rings. The monoisotopic (exact) mass is 953 g/mol. The Morgan fingerprint density at radius 1 is 1.02 bits per heavy atom. The van der Waals surface area contributed by atoms with Crippen LogP contribution >= 0.6 is 35.2 Å². The Labute approximate surface area is 355 Å². The first-order chi connectivity index (χ1) is 28.8. The van der Waals surface area contributed by atoms with Crippen molar-refractivity contribution in [1.29, 1.82) is 0 Å². The molecule has 3 heterocycles. The van der Waals surface area contributed by atoms with Crippen LogP contribution in [0.15, 0.2) is 36.9 Å². The van der Waals surface area contributed by atoms with Gasteiger partial charge in [0, 0.05) is 36.4 Å². The molecule has 344 valence electrons. The second-order valence-corrected chi connectivity index (χ2v) is 19.1. The number of anilines is 2. The number of carbonyl (C=O) groups is 4. The highest BCUT2D eigenvalue weighted by molar-refractivity contribution is 8.13. The Balaban J connectivity index is 1.21. The molecule has 3 aromatic rings. The molecule has 0 aliphatic carbocycles. The van der Waals surface area contributed by atoms with Crippen molar-refractivity contribution in [3.05, 3.63) is 42.5 Å². The van der Waals surface area contributed by atoms with Gasteiger partial charge in [0.25, 0.3) is 15.6 Å². The molecule has 2 aromatic heterocycles. The summed E-state index contributed by atoms with van der Waals surface area (Å²) < 4.78 is 60.5. The number of carboxylic acids is 1. The number of phosphoric ester groups is 3. The Morgan fingerprint density at radius 3 is 2.35 bits per heavy atom. The van der Waals surface area contributed by atoms with Crippen LogP contribution in [0, 0.1) is 11.3 Å². The third-order valence-corrected chi connectivity index (χ3v) is 12.8. The van der Waals surface area contributed by atoms with E-state index in [4.69, 9.17) is 16.2 Å². The Hall–Kier alpha value is -3.95. The highest BCUT2D eigenvalue weighted by atomic mass is 32.2. The van der Waals surface area contributed by atoms with Crippen LogP contribution in [0.2, 0.25) is 0 Å². The van der Waals surface area contributed by atoms with Crippen LogP contribution in [-0.2, 0) is 61.9 Å². The molecule has 0 bridgehead atoms. The molecule has 0 spiro atoms. The molecule has 1 saturated heterocycles. The van der Waals surface area contributed by atoms with Crippen molar-refractivity contribution >= 4 is 80.8 Å². The number of para-hydroxylation sites is 1. The van der Waals surface area contributed by atoms with E-state index in [1.807, 2.05) is 0 Å². The van der Waals surface area contributed by atoms with Gasteiger partial charge in [0.1, 0.15) is 36.3 Å². The summed E-state index contributed by atoms with van der Waals surface area (Å²) >= 11 is 0.658. The summed E-state index contributed by atoms with van der Waals surface area (Å²) in [6.45, 7) is -0.416. The normalized spacial score (nSPS) is 21.1. The molecule has 3 unspecified atom stereocenters. The van der Waals surface area contributed by atoms with Crippen molar-refractivity contribution in [1.82, 2.24) is 30.2 Å². The number of aromatic nitrogens is 4. The lowest BCUT2D eigenvalue weighted by atomic mass is 9.87. The molecule has 1 aromatic carbocycles. The zero-order valence-electron chi connectivity index (χ0n) is 32.4. The fraction of sp³-hybridized carbons (Fsp3) is 0.516. The van der Waals surface area contributed by atoms with Gasteiger partial charge < -0.3 is 84.7 Å². The largest absolute Gasteiger partial charge is 0.790 e. The number of carbonyl (C=O) groups excluding carboxylic acids is 4. The number of thioether (sulfide) groups is 1. The third-order valence-electron chi connectivity index (χ3n) is 8.77. The minimum atomic E-state index is -5.95. The highest BCUT2D eigenvalue weighted by Crippen LogP contribution is 2.56. The molecular formula is C31H40N8O19P3S-5. The summed E-state index contributed by atoms with van der Waals surface area (Å²) in [6, 6.07) is 6.42. The maximum atomic E-state index is 12.6. The van der Waals surface area contributed by atoms with Crippen LogP contribution in [0.5, 0.6) is 0 Å². The van der Waals surface area contributed by atoms with Gasteiger partial charge in [0.05, 0.1) is 39.3 Å². The average molecular weight is 954 g/mol. The standard InChI is InChI=1S/C31H45N8O19P3S/c1-31(2,24(42)27(43)35-8-7-20(40)34-9-10-62-30(46)17(29(44)45)11-16-5-3-4-6-18(16)32)13-55-61(52,53)58-60(50,51)54-12-19-23(57-59(47,48)49)22(41)28(56-19)39-15-38-21-25(33)36-14-37-26(21)39/h3-6,14-15,17,19,22-24,28,41-42H,7-13,32H2,1-2H3,(H,34,40)(H,35,43)(H,44,45)(H,50,51)(H,52,53)(H2,33,36,37)(H2,47,48,49)/p-5/t17?,19-,22-,23-,24+,28-/m1/s1. The van der Waals surface area contributed by atoms with Gasteiger partial charge in [0.2, 0.25) is 11.8 Å². The quantitative estimate of drug-likeness (QED) is 0.0225. The SMILES string of the molecule is CC(C)(COP(=O)([O-])OP(=O)([O-])OC[C@H]1O[C@@H](n2cnc3c(N)ncnc32)[C@H](O)[C@@H]1OP(=O)([O-])[O-])[C@@H](O)C(=O)NCCC(=O)NCCSC(=O)C(Cc1ccccc1N)C(=O)[O-]. The number of nitrogens with two attached hydrogens (primary N) is 2. The Bertz CT molecular complexity index is 2250. The number of imidazole rings is 1. The van der Waals surface area contributed by atoms with E-state index in [1.54, 1.807) is 24.3 Å². The first-order valence-electron chi connectivity index (χ1n) is 17.8. The first-order valence-corrected chi connectivity index (χ1v) is 23.2. The van der Waals surface area contributed by atoms with E-state index in [2.05, 4.69) is 43.5 Å². The maximum Gasteiger partial charge on any atom is 0.274 e. The van der Waals surface area contributed by atoms with Crippen LogP contribution in [0.3, 0.4) is 0 Å². The zero-order valence-corrected chi connectivity index (χ0v) is 35.9. The van der Waals surface area contributed by atoms with Gasteiger partial charge in [-0.2, -0.15) is 0 Å². The van der Waals surface area contributed by atoms with E-state index >= 15 is 0 Å². The first kappa shape index (κ1) is 50.7. The van der Waals surface area contributed by atoms with Crippen molar-refractivity contribution < 1.29 is 90.4 Å². The van der Waals surface area contributed by atoms with Gasteiger partial charge in [-0.15, -0.1) is 0 Å². The predicted molar refractivity (Wildman–Crippen MR) is 201 cm³/mol. The minimum absolute atomic E-state index is 0.00104. The molecule has 27 nitrogen and oxygen atoms in total. The van der Waals surface area contributed by atoms with Gasteiger partial charge in [-0.25, -0.2) is 19.3 Å². The number of nitrogens with zero attached hydrogens (tertiary/aromatic N) is 4. The van der Waals surface area contributed by atoms with Gasteiger partial charge in [-0.1, -0.05) is 43.8 Å². The van der Waals surface area contributed by atoms with E-state index in [0.717, 1.165) is 31.1 Å². The van der Waals surface area contributed by atoms with E-state index in [-0.39, 0.29) is 48.7 Å². The number of nitrogen functional groups attached to an aromatic ring is 2.